The van der Waals surface area contributed by atoms with Crippen molar-refractivity contribution >= 4 is 32.5 Å². The molecule has 0 aliphatic heterocycles. The van der Waals surface area contributed by atoms with Crippen molar-refractivity contribution in [1.29, 1.82) is 0 Å². The standard InChI is InChI=1S/C15H17BrN4/c1-3-12-14(16)13(19(2)18-12)9-20-8-7-10-5-4-6-11(17)15(10)20/h4-8H,3,9,17H2,1-2H3. The molecule has 0 fully saturated rings. The molecule has 0 amide bonds. The summed E-state index contributed by atoms with van der Waals surface area (Å²) in [6.45, 7) is 2.86. The molecule has 3 rings (SSSR count). The van der Waals surface area contributed by atoms with E-state index < -0.39 is 0 Å². The van der Waals surface area contributed by atoms with Crippen LogP contribution in [-0.2, 0) is 20.0 Å². The van der Waals surface area contributed by atoms with Crippen LogP contribution in [0, 0.1) is 0 Å². The lowest BCUT2D eigenvalue weighted by Crippen LogP contribution is -2.06. The van der Waals surface area contributed by atoms with E-state index in [2.05, 4.69) is 50.8 Å². The molecular formula is C15H17BrN4. The molecule has 3 aromatic rings. The van der Waals surface area contributed by atoms with Crippen LogP contribution in [0.25, 0.3) is 10.9 Å². The van der Waals surface area contributed by atoms with Crippen molar-refractivity contribution < 1.29 is 0 Å². The summed E-state index contributed by atoms with van der Waals surface area (Å²) >= 11 is 3.66. The number of nitrogen functional groups attached to an aromatic ring is 1. The Morgan fingerprint density at radius 1 is 1.30 bits per heavy atom. The van der Waals surface area contributed by atoms with E-state index in [4.69, 9.17) is 5.73 Å². The summed E-state index contributed by atoms with van der Waals surface area (Å²) in [4.78, 5) is 0. The van der Waals surface area contributed by atoms with E-state index in [1.54, 1.807) is 0 Å². The molecule has 2 N–H and O–H groups in total. The van der Waals surface area contributed by atoms with E-state index in [-0.39, 0.29) is 0 Å². The van der Waals surface area contributed by atoms with E-state index in [9.17, 15) is 0 Å². The lowest BCUT2D eigenvalue weighted by Gasteiger charge is -2.08. The fraction of sp³-hybridized carbons (Fsp3) is 0.267. The topological polar surface area (TPSA) is 48.8 Å². The highest BCUT2D eigenvalue weighted by Gasteiger charge is 2.14. The maximum absolute atomic E-state index is 6.11. The molecule has 104 valence electrons. The highest BCUT2D eigenvalue weighted by atomic mass is 79.9. The first-order valence-electron chi connectivity index (χ1n) is 6.65. The SMILES string of the molecule is CCc1nn(C)c(Cn2ccc3cccc(N)c32)c1Br. The fourth-order valence-corrected chi connectivity index (χ4v) is 3.32. The Morgan fingerprint density at radius 3 is 2.80 bits per heavy atom. The maximum Gasteiger partial charge on any atom is 0.0767 e. The Kier molecular flexibility index (Phi) is 3.30. The summed E-state index contributed by atoms with van der Waals surface area (Å²) in [7, 11) is 1.98. The van der Waals surface area contributed by atoms with Crippen LogP contribution < -0.4 is 5.73 Å². The Balaban J connectivity index is 2.08. The molecule has 0 radical (unpaired) electrons. The third-order valence-corrected chi connectivity index (χ3v) is 4.56. The molecule has 0 unspecified atom stereocenters. The van der Waals surface area contributed by atoms with Gasteiger partial charge in [0.15, 0.2) is 0 Å². The summed E-state index contributed by atoms with van der Waals surface area (Å²) in [5.41, 5.74) is 10.2. The summed E-state index contributed by atoms with van der Waals surface area (Å²) in [6, 6.07) is 8.10. The third-order valence-electron chi connectivity index (χ3n) is 3.64. The van der Waals surface area contributed by atoms with Gasteiger partial charge in [-0.05, 0) is 34.5 Å². The van der Waals surface area contributed by atoms with Crippen LogP contribution in [0.5, 0.6) is 0 Å². The minimum absolute atomic E-state index is 0.752. The van der Waals surface area contributed by atoms with Gasteiger partial charge in [0, 0.05) is 18.6 Å². The Hall–Kier alpha value is -1.75. The van der Waals surface area contributed by atoms with Crippen molar-refractivity contribution in [3.63, 3.8) is 0 Å². The molecule has 20 heavy (non-hydrogen) atoms. The zero-order chi connectivity index (χ0) is 14.3. The number of fused-ring (bicyclic) bond motifs is 1. The monoisotopic (exact) mass is 332 g/mol. The van der Waals surface area contributed by atoms with Crippen LogP contribution >= 0.6 is 15.9 Å². The lowest BCUT2D eigenvalue weighted by atomic mass is 10.2. The quantitative estimate of drug-likeness (QED) is 0.748. The maximum atomic E-state index is 6.11. The molecule has 4 nitrogen and oxygen atoms in total. The van der Waals surface area contributed by atoms with E-state index in [0.717, 1.165) is 40.0 Å². The molecule has 2 heterocycles. The molecule has 5 heteroatoms. The summed E-state index contributed by atoms with van der Waals surface area (Å²) < 4.78 is 5.21. The number of hydrogen-bond donors (Lipinski definition) is 1. The van der Waals surface area contributed by atoms with Crippen molar-refractivity contribution in [2.45, 2.75) is 19.9 Å². The van der Waals surface area contributed by atoms with Crippen molar-refractivity contribution in [2.75, 3.05) is 5.73 Å². The first kappa shape index (κ1) is 13.2. The number of para-hydroxylation sites is 1. The molecule has 0 spiro atoms. The van der Waals surface area contributed by atoms with E-state index in [1.807, 2.05) is 23.9 Å². The highest BCUT2D eigenvalue weighted by molar-refractivity contribution is 9.10. The predicted molar refractivity (Wildman–Crippen MR) is 85.7 cm³/mol. The number of hydrogen-bond acceptors (Lipinski definition) is 2. The van der Waals surface area contributed by atoms with Crippen molar-refractivity contribution in [1.82, 2.24) is 14.3 Å². The van der Waals surface area contributed by atoms with Gasteiger partial charge >= 0.3 is 0 Å². The normalized spacial score (nSPS) is 11.3. The molecule has 0 bridgehead atoms. The van der Waals surface area contributed by atoms with Gasteiger partial charge in [-0.15, -0.1) is 0 Å². The van der Waals surface area contributed by atoms with E-state index in [0.29, 0.717) is 0 Å². The number of aromatic nitrogens is 3. The van der Waals surface area contributed by atoms with Gasteiger partial charge in [-0.1, -0.05) is 19.1 Å². The van der Waals surface area contributed by atoms with Gasteiger partial charge in [-0.3, -0.25) is 4.68 Å². The van der Waals surface area contributed by atoms with Gasteiger partial charge in [-0.2, -0.15) is 5.10 Å². The number of benzene rings is 1. The van der Waals surface area contributed by atoms with Crippen LogP contribution in [0.15, 0.2) is 34.9 Å². The zero-order valence-corrected chi connectivity index (χ0v) is 13.2. The minimum atomic E-state index is 0.752. The number of halogens is 1. The molecule has 0 atom stereocenters. The Bertz CT molecular complexity index is 770. The smallest absolute Gasteiger partial charge is 0.0767 e. The predicted octanol–water partition coefficient (Wildman–Crippen LogP) is 3.33. The van der Waals surface area contributed by atoms with Gasteiger partial charge in [-0.25, -0.2) is 0 Å². The van der Waals surface area contributed by atoms with Crippen molar-refractivity contribution in [3.8, 4) is 0 Å². The van der Waals surface area contributed by atoms with Gasteiger partial charge in [0.1, 0.15) is 0 Å². The lowest BCUT2D eigenvalue weighted by molar-refractivity contribution is 0.669. The van der Waals surface area contributed by atoms with Crippen LogP contribution in [0.1, 0.15) is 18.3 Å². The molecule has 0 saturated heterocycles. The first-order valence-corrected chi connectivity index (χ1v) is 7.44. The highest BCUT2D eigenvalue weighted by Crippen LogP contribution is 2.26. The van der Waals surface area contributed by atoms with Gasteiger partial charge in [0.05, 0.1) is 33.6 Å². The van der Waals surface area contributed by atoms with E-state index in [1.165, 1.54) is 5.39 Å². The number of nitrogens with zero attached hydrogens (tertiary/aromatic N) is 3. The average molecular weight is 333 g/mol. The average Bonchev–Trinajstić information content (AvgIpc) is 2.96. The molecule has 2 aromatic heterocycles. The van der Waals surface area contributed by atoms with Crippen molar-refractivity contribution in [3.05, 3.63) is 46.3 Å². The Labute approximate surface area is 126 Å². The second kappa shape index (κ2) is 4.98. The fourth-order valence-electron chi connectivity index (χ4n) is 2.58. The first-order chi connectivity index (χ1) is 9.61. The Morgan fingerprint density at radius 2 is 2.10 bits per heavy atom. The number of anilines is 1. The number of nitrogens with two attached hydrogens (primary N) is 1. The second-order valence-corrected chi connectivity index (χ2v) is 5.71. The van der Waals surface area contributed by atoms with Crippen LogP contribution in [0.2, 0.25) is 0 Å². The number of aryl methyl sites for hydroxylation is 2. The molecule has 0 aliphatic carbocycles. The largest absolute Gasteiger partial charge is 0.397 e. The minimum Gasteiger partial charge on any atom is -0.397 e. The van der Waals surface area contributed by atoms with Gasteiger partial charge < -0.3 is 10.3 Å². The van der Waals surface area contributed by atoms with Crippen LogP contribution in [-0.4, -0.2) is 14.3 Å². The summed E-state index contributed by atoms with van der Waals surface area (Å²) in [5, 5.41) is 5.70. The van der Waals surface area contributed by atoms with Crippen LogP contribution in [0.4, 0.5) is 5.69 Å². The zero-order valence-electron chi connectivity index (χ0n) is 11.6. The molecule has 0 aliphatic rings. The summed E-state index contributed by atoms with van der Waals surface area (Å²) in [5.74, 6) is 0. The van der Waals surface area contributed by atoms with Crippen LogP contribution in [0.3, 0.4) is 0 Å². The molecule has 0 saturated carbocycles. The van der Waals surface area contributed by atoms with Crippen molar-refractivity contribution in [2.24, 2.45) is 7.05 Å². The van der Waals surface area contributed by atoms with Gasteiger partial charge in [0.25, 0.3) is 0 Å². The number of rotatable bonds is 3. The summed E-state index contributed by atoms with van der Waals surface area (Å²) in [6.07, 6.45) is 3.00. The molecular weight excluding hydrogens is 316 g/mol. The second-order valence-electron chi connectivity index (χ2n) is 4.91. The van der Waals surface area contributed by atoms with E-state index >= 15 is 0 Å². The third kappa shape index (κ3) is 2.02. The van der Waals surface area contributed by atoms with Gasteiger partial charge in [0.2, 0.25) is 0 Å². The molecule has 1 aromatic carbocycles.